The number of morpholine rings is 1. The SMILES string of the molecule is CC1(C)[C@H]2C[C@H](O)[C@@H](N3CCOCC3)[C@@H]1C2. The Bertz CT molecular complexity index is 273. The lowest BCUT2D eigenvalue weighted by molar-refractivity contribution is -0.180. The molecule has 3 saturated carbocycles. The van der Waals surface area contributed by atoms with Crippen molar-refractivity contribution in [1.29, 1.82) is 0 Å². The number of aliphatic hydroxyl groups is 1. The maximum absolute atomic E-state index is 10.3. The highest BCUT2D eigenvalue weighted by atomic mass is 16.5. The van der Waals surface area contributed by atoms with Gasteiger partial charge in [-0.2, -0.15) is 0 Å². The Hall–Kier alpha value is -0.120. The lowest BCUT2D eigenvalue weighted by atomic mass is 9.46. The minimum absolute atomic E-state index is 0.102. The summed E-state index contributed by atoms with van der Waals surface area (Å²) in [5.74, 6) is 1.45. The second kappa shape index (κ2) is 3.69. The van der Waals surface area contributed by atoms with Crippen molar-refractivity contribution in [3.05, 3.63) is 0 Å². The number of hydrogen-bond acceptors (Lipinski definition) is 3. The molecule has 3 aliphatic carbocycles. The van der Waals surface area contributed by atoms with Crippen LogP contribution in [-0.4, -0.2) is 48.5 Å². The van der Waals surface area contributed by atoms with Gasteiger partial charge in [-0.25, -0.2) is 0 Å². The smallest absolute Gasteiger partial charge is 0.0701 e. The Morgan fingerprint density at radius 2 is 1.88 bits per heavy atom. The molecule has 0 aromatic carbocycles. The Morgan fingerprint density at radius 1 is 1.19 bits per heavy atom. The zero-order valence-electron chi connectivity index (χ0n) is 10.4. The van der Waals surface area contributed by atoms with E-state index in [9.17, 15) is 5.11 Å². The molecule has 0 aromatic rings. The Morgan fingerprint density at radius 3 is 2.50 bits per heavy atom. The van der Waals surface area contributed by atoms with Crippen LogP contribution in [0.15, 0.2) is 0 Å². The van der Waals surface area contributed by atoms with Crippen LogP contribution < -0.4 is 0 Å². The van der Waals surface area contributed by atoms with E-state index in [2.05, 4.69) is 18.7 Å². The molecule has 92 valence electrons. The van der Waals surface area contributed by atoms with Crippen molar-refractivity contribution in [2.45, 2.75) is 38.8 Å². The van der Waals surface area contributed by atoms with E-state index >= 15 is 0 Å². The summed E-state index contributed by atoms with van der Waals surface area (Å²) < 4.78 is 5.40. The molecule has 1 heterocycles. The van der Waals surface area contributed by atoms with Crippen molar-refractivity contribution in [1.82, 2.24) is 4.90 Å². The van der Waals surface area contributed by atoms with E-state index in [-0.39, 0.29) is 6.10 Å². The van der Waals surface area contributed by atoms with Crippen molar-refractivity contribution in [2.75, 3.05) is 26.3 Å². The predicted octanol–water partition coefficient (Wildman–Crippen LogP) is 1.11. The van der Waals surface area contributed by atoms with Gasteiger partial charge in [-0.1, -0.05) is 13.8 Å². The summed E-state index contributed by atoms with van der Waals surface area (Å²) in [6, 6.07) is 0.392. The zero-order valence-corrected chi connectivity index (χ0v) is 10.4. The summed E-state index contributed by atoms with van der Waals surface area (Å²) in [4.78, 5) is 2.47. The van der Waals surface area contributed by atoms with Crippen molar-refractivity contribution < 1.29 is 9.84 Å². The van der Waals surface area contributed by atoms with Gasteiger partial charge in [-0.05, 0) is 30.1 Å². The molecular weight excluding hydrogens is 202 g/mol. The maximum Gasteiger partial charge on any atom is 0.0701 e. The van der Waals surface area contributed by atoms with Crippen LogP contribution >= 0.6 is 0 Å². The molecule has 16 heavy (non-hydrogen) atoms. The first-order valence-electron chi connectivity index (χ1n) is 6.60. The van der Waals surface area contributed by atoms with Crippen LogP contribution in [0.4, 0.5) is 0 Å². The number of nitrogens with zero attached hydrogens (tertiary/aromatic N) is 1. The number of hydrogen-bond donors (Lipinski definition) is 1. The fraction of sp³-hybridized carbons (Fsp3) is 1.00. The highest BCUT2D eigenvalue weighted by Gasteiger charge is 2.58. The number of fused-ring (bicyclic) bond motifs is 2. The lowest BCUT2D eigenvalue weighted by Crippen LogP contribution is -2.66. The molecule has 0 spiro atoms. The minimum Gasteiger partial charge on any atom is -0.391 e. The van der Waals surface area contributed by atoms with Gasteiger partial charge >= 0.3 is 0 Å². The van der Waals surface area contributed by atoms with Gasteiger partial charge in [0, 0.05) is 19.1 Å². The first-order valence-corrected chi connectivity index (χ1v) is 6.60. The van der Waals surface area contributed by atoms with Crippen molar-refractivity contribution in [3.8, 4) is 0 Å². The zero-order chi connectivity index (χ0) is 11.3. The molecule has 4 aliphatic rings. The van der Waals surface area contributed by atoms with E-state index in [1.165, 1.54) is 6.42 Å². The number of ether oxygens (including phenoxy) is 1. The summed E-state index contributed by atoms with van der Waals surface area (Å²) in [5.41, 5.74) is 0.447. The van der Waals surface area contributed by atoms with Crippen LogP contribution in [0.1, 0.15) is 26.7 Å². The average molecular weight is 225 g/mol. The van der Waals surface area contributed by atoms with Gasteiger partial charge in [0.2, 0.25) is 0 Å². The third kappa shape index (κ3) is 1.45. The van der Waals surface area contributed by atoms with Gasteiger partial charge < -0.3 is 9.84 Å². The Kier molecular flexibility index (Phi) is 2.54. The first kappa shape index (κ1) is 11.0. The molecule has 3 heteroatoms. The fourth-order valence-electron chi connectivity index (χ4n) is 4.11. The molecule has 1 saturated heterocycles. The topological polar surface area (TPSA) is 32.7 Å². The third-order valence-corrected chi connectivity index (χ3v) is 5.35. The van der Waals surface area contributed by atoms with E-state index in [1.54, 1.807) is 0 Å². The summed E-state index contributed by atoms with van der Waals surface area (Å²) in [6.07, 6.45) is 2.23. The van der Waals surface area contributed by atoms with Crippen molar-refractivity contribution in [2.24, 2.45) is 17.3 Å². The summed E-state index contributed by atoms with van der Waals surface area (Å²) in [7, 11) is 0. The summed E-state index contributed by atoms with van der Waals surface area (Å²) in [6.45, 7) is 8.42. The van der Waals surface area contributed by atoms with E-state index in [1.807, 2.05) is 0 Å². The molecule has 0 unspecified atom stereocenters. The Labute approximate surface area is 97.8 Å². The average Bonchev–Trinajstić information content (AvgIpc) is 2.29. The monoisotopic (exact) mass is 225 g/mol. The van der Waals surface area contributed by atoms with Crippen molar-refractivity contribution >= 4 is 0 Å². The quantitative estimate of drug-likeness (QED) is 0.726. The normalized spacial score (nSPS) is 47.4. The minimum atomic E-state index is -0.102. The third-order valence-electron chi connectivity index (χ3n) is 5.35. The van der Waals surface area contributed by atoms with Crippen molar-refractivity contribution in [3.63, 3.8) is 0 Å². The van der Waals surface area contributed by atoms with E-state index in [0.717, 1.165) is 38.6 Å². The van der Waals surface area contributed by atoms with Gasteiger partial charge in [-0.3, -0.25) is 4.90 Å². The van der Waals surface area contributed by atoms with Crippen LogP contribution in [0.3, 0.4) is 0 Å². The second-order valence-electron chi connectivity index (χ2n) is 6.30. The molecule has 1 N–H and O–H groups in total. The molecule has 4 rings (SSSR count). The second-order valence-corrected chi connectivity index (χ2v) is 6.30. The Balaban J connectivity index is 1.76. The van der Waals surface area contributed by atoms with Gasteiger partial charge in [0.25, 0.3) is 0 Å². The highest BCUT2D eigenvalue weighted by molar-refractivity contribution is 5.09. The molecular formula is C13H23NO2. The first-order chi connectivity index (χ1) is 7.60. The van der Waals surface area contributed by atoms with Gasteiger partial charge in [0.05, 0.1) is 19.3 Å². The van der Waals surface area contributed by atoms with E-state index < -0.39 is 0 Å². The maximum atomic E-state index is 10.3. The lowest BCUT2D eigenvalue weighted by Gasteiger charge is -2.63. The number of aliphatic hydroxyl groups excluding tert-OH is 1. The molecule has 0 aromatic heterocycles. The fourth-order valence-corrected chi connectivity index (χ4v) is 4.11. The molecule has 4 atom stereocenters. The molecule has 1 aliphatic heterocycles. The highest BCUT2D eigenvalue weighted by Crippen LogP contribution is 2.60. The van der Waals surface area contributed by atoms with Crippen LogP contribution in [0.2, 0.25) is 0 Å². The molecule has 4 fully saturated rings. The van der Waals surface area contributed by atoms with Gasteiger partial charge in [0.1, 0.15) is 0 Å². The van der Waals surface area contributed by atoms with Crippen LogP contribution in [0, 0.1) is 17.3 Å². The predicted molar refractivity (Wildman–Crippen MR) is 62.2 cm³/mol. The summed E-state index contributed by atoms with van der Waals surface area (Å²) >= 11 is 0. The van der Waals surface area contributed by atoms with Crippen LogP contribution in [-0.2, 0) is 4.74 Å². The molecule has 3 nitrogen and oxygen atoms in total. The molecule has 2 bridgehead atoms. The number of rotatable bonds is 1. The van der Waals surface area contributed by atoms with Crippen LogP contribution in [0.25, 0.3) is 0 Å². The largest absolute Gasteiger partial charge is 0.391 e. The van der Waals surface area contributed by atoms with E-state index in [0.29, 0.717) is 17.4 Å². The van der Waals surface area contributed by atoms with E-state index in [4.69, 9.17) is 4.74 Å². The standard InChI is InChI=1S/C13H23NO2/c1-13(2)9-7-10(13)12(11(15)8-9)14-3-5-16-6-4-14/h9-12,15H,3-8H2,1-2H3/t9-,10+,11+,12+/m1/s1. The molecule has 0 amide bonds. The van der Waals surface area contributed by atoms with Gasteiger partial charge in [0.15, 0.2) is 0 Å². The molecule has 0 radical (unpaired) electrons. The van der Waals surface area contributed by atoms with Gasteiger partial charge in [-0.15, -0.1) is 0 Å². The summed E-state index contributed by atoms with van der Waals surface area (Å²) in [5, 5.41) is 10.3. The van der Waals surface area contributed by atoms with Crippen LogP contribution in [0.5, 0.6) is 0 Å².